The zero-order valence-corrected chi connectivity index (χ0v) is 18.9. The number of ether oxygens (including phenoxy) is 2. The topological polar surface area (TPSA) is 89.7 Å². The van der Waals surface area contributed by atoms with Gasteiger partial charge in [-0.15, -0.1) is 13.2 Å². The fourth-order valence-electron chi connectivity index (χ4n) is 3.91. The van der Waals surface area contributed by atoms with Crippen LogP contribution in [0.25, 0.3) is 22.6 Å². The third-order valence-electron chi connectivity index (χ3n) is 5.54. The van der Waals surface area contributed by atoms with Gasteiger partial charge in [-0.1, -0.05) is 24.3 Å². The molecular formula is C25H21F3N4O4. The molecule has 1 amide bonds. The monoisotopic (exact) mass is 498 g/mol. The Morgan fingerprint density at radius 2 is 1.78 bits per heavy atom. The van der Waals surface area contributed by atoms with Crippen LogP contribution in [-0.4, -0.2) is 53.4 Å². The maximum Gasteiger partial charge on any atom is 0.573 e. The highest BCUT2D eigenvalue weighted by atomic mass is 19.4. The number of alkyl halides is 3. The van der Waals surface area contributed by atoms with Gasteiger partial charge in [0.1, 0.15) is 17.1 Å². The van der Waals surface area contributed by atoms with Crippen molar-refractivity contribution in [2.75, 3.05) is 31.6 Å². The average molecular weight is 498 g/mol. The third-order valence-corrected chi connectivity index (χ3v) is 5.54. The fraction of sp³-hybridized carbons (Fsp3) is 0.240. The number of hydrogen-bond donors (Lipinski definition) is 1. The first kappa shape index (κ1) is 23.8. The molecule has 0 aliphatic carbocycles. The predicted molar refractivity (Wildman–Crippen MR) is 124 cm³/mol. The summed E-state index contributed by atoms with van der Waals surface area (Å²) in [6, 6.07) is 15.6. The lowest BCUT2D eigenvalue weighted by Gasteiger charge is -2.26. The van der Waals surface area contributed by atoms with Crippen LogP contribution in [-0.2, 0) is 11.3 Å². The van der Waals surface area contributed by atoms with Gasteiger partial charge in [-0.2, -0.15) is 0 Å². The number of halogens is 3. The smallest absolute Gasteiger partial charge is 0.435 e. The lowest BCUT2D eigenvalue weighted by molar-refractivity contribution is -0.274. The first-order chi connectivity index (χ1) is 17.4. The highest BCUT2D eigenvalue weighted by Crippen LogP contribution is 2.35. The molecule has 5 rings (SSSR count). The van der Waals surface area contributed by atoms with E-state index in [1.54, 1.807) is 24.3 Å². The molecule has 0 bridgehead atoms. The van der Waals surface area contributed by atoms with E-state index < -0.39 is 18.0 Å². The second-order valence-electron chi connectivity index (χ2n) is 8.07. The van der Waals surface area contributed by atoms with E-state index in [4.69, 9.17) is 9.15 Å². The van der Waals surface area contributed by atoms with Crippen LogP contribution in [0.1, 0.15) is 16.1 Å². The molecule has 3 heterocycles. The number of fused-ring (bicyclic) bond motifs is 1. The van der Waals surface area contributed by atoms with E-state index in [1.807, 2.05) is 12.1 Å². The molecule has 0 radical (unpaired) electrons. The van der Waals surface area contributed by atoms with E-state index in [0.717, 1.165) is 18.8 Å². The summed E-state index contributed by atoms with van der Waals surface area (Å²) >= 11 is 0. The third kappa shape index (κ3) is 5.47. The Bertz CT molecular complexity index is 1380. The molecule has 2 aromatic heterocycles. The van der Waals surface area contributed by atoms with Gasteiger partial charge in [0.2, 0.25) is 5.89 Å². The quantitative estimate of drug-likeness (QED) is 0.406. The standard InChI is InChI=1S/C25H21F3N4O4/c26-25(27,28)36-20-9-2-1-6-17(20)24-30-19-8-4-7-18(22(19)35-24)23(33)31-21-10-3-5-16(29-21)15-32-11-13-34-14-12-32/h1-10H,11-15H2,(H,29,31,33). The number of pyridine rings is 1. The van der Waals surface area contributed by atoms with Crippen LogP contribution in [0.5, 0.6) is 5.75 Å². The van der Waals surface area contributed by atoms with Crippen molar-refractivity contribution in [1.82, 2.24) is 14.9 Å². The Labute approximate surface area is 203 Å². The second-order valence-corrected chi connectivity index (χ2v) is 8.07. The largest absolute Gasteiger partial charge is 0.573 e. The first-order valence-corrected chi connectivity index (χ1v) is 11.2. The van der Waals surface area contributed by atoms with Crippen molar-refractivity contribution in [2.24, 2.45) is 0 Å². The molecule has 1 saturated heterocycles. The Hall–Kier alpha value is -3.96. The number of benzene rings is 2. The van der Waals surface area contributed by atoms with Gasteiger partial charge >= 0.3 is 6.36 Å². The molecule has 2 aromatic carbocycles. The number of rotatable bonds is 6. The van der Waals surface area contributed by atoms with Crippen LogP contribution in [0.3, 0.4) is 0 Å². The number of nitrogens with one attached hydrogen (secondary N) is 1. The predicted octanol–water partition coefficient (Wildman–Crippen LogP) is 4.87. The molecule has 1 aliphatic rings. The summed E-state index contributed by atoms with van der Waals surface area (Å²) in [5.74, 6) is -0.676. The number of carbonyl (C=O) groups excluding carboxylic acids is 1. The van der Waals surface area contributed by atoms with Gasteiger partial charge in [0, 0.05) is 19.6 Å². The molecule has 36 heavy (non-hydrogen) atoms. The molecule has 1 aliphatic heterocycles. The normalized spacial score (nSPS) is 14.6. The first-order valence-electron chi connectivity index (χ1n) is 11.2. The van der Waals surface area contributed by atoms with E-state index >= 15 is 0 Å². The van der Waals surface area contributed by atoms with E-state index in [9.17, 15) is 18.0 Å². The minimum atomic E-state index is -4.88. The minimum Gasteiger partial charge on any atom is -0.435 e. The van der Waals surface area contributed by atoms with E-state index in [1.165, 1.54) is 24.3 Å². The van der Waals surface area contributed by atoms with Crippen molar-refractivity contribution in [2.45, 2.75) is 12.9 Å². The van der Waals surface area contributed by atoms with E-state index in [2.05, 4.69) is 24.9 Å². The summed E-state index contributed by atoms with van der Waals surface area (Å²) in [5.41, 5.74) is 1.43. The number of carbonyl (C=O) groups is 1. The van der Waals surface area contributed by atoms with E-state index in [-0.39, 0.29) is 22.6 Å². The number of hydrogen-bond acceptors (Lipinski definition) is 7. The molecule has 0 saturated carbocycles. The highest BCUT2D eigenvalue weighted by Gasteiger charge is 2.33. The summed E-state index contributed by atoms with van der Waals surface area (Å²) < 4.78 is 53.8. The van der Waals surface area contributed by atoms with E-state index in [0.29, 0.717) is 31.1 Å². The van der Waals surface area contributed by atoms with Crippen LogP contribution >= 0.6 is 0 Å². The fourth-order valence-corrected chi connectivity index (χ4v) is 3.91. The molecule has 11 heteroatoms. The molecule has 1 fully saturated rings. The number of anilines is 1. The average Bonchev–Trinajstić information content (AvgIpc) is 3.28. The van der Waals surface area contributed by atoms with Gasteiger partial charge in [0.15, 0.2) is 5.58 Å². The van der Waals surface area contributed by atoms with Crippen molar-refractivity contribution in [3.63, 3.8) is 0 Å². The van der Waals surface area contributed by atoms with Gasteiger partial charge in [-0.05, 0) is 36.4 Å². The maximum atomic E-state index is 13.1. The molecule has 8 nitrogen and oxygen atoms in total. The number of oxazole rings is 1. The lowest BCUT2D eigenvalue weighted by atomic mass is 10.2. The van der Waals surface area contributed by atoms with Gasteiger partial charge in [0.05, 0.1) is 30.0 Å². The zero-order chi connectivity index (χ0) is 25.1. The maximum absolute atomic E-state index is 13.1. The van der Waals surface area contributed by atoms with Crippen LogP contribution < -0.4 is 10.1 Å². The van der Waals surface area contributed by atoms with Crippen LogP contribution in [0.15, 0.2) is 65.1 Å². The molecule has 4 aromatic rings. The number of para-hydroxylation sites is 2. The summed E-state index contributed by atoms with van der Waals surface area (Å²) in [6.45, 7) is 3.60. The Kier molecular flexibility index (Phi) is 6.57. The van der Waals surface area contributed by atoms with Crippen LogP contribution in [0.4, 0.5) is 19.0 Å². The van der Waals surface area contributed by atoms with Crippen molar-refractivity contribution < 1.29 is 31.9 Å². The summed E-state index contributed by atoms with van der Waals surface area (Å²) in [5, 5.41) is 2.76. The molecule has 186 valence electrons. The van der Waals surface area contributed by atoms with Crippen molar-refractivity contribution in [3.8, 4) is 17.2 Å². The van der Waals surface area contributed by atoms with Crippen molar-refractivity contribution in [1.29, 1.82) is 0 Å². The molecule has 0 spiro atoms. The summed E-state index contributed by atoms with van der Waals surface area (Å²) in [7, 11) is 0. The van der Waals surface area contributed by atoms with Crippen molar-refractivity contribution >= 4 is 22.8 Å². The molecule has 0 atom stereocenters. The number of morpholine rings is 1. The number of aromatic nitrogens is 2. The molecule has 1 N–H and O–H groups in total. The van der Waals surface area contributed by atoms with Crippen LogP contribution in [0.2, 0.25) is 0 Å². The zero-order valence-electron chi connectivity index (χ0n) is 18.9. The second kappa shape index (κ2) is 9.96. The lowest BCUT2D eigenvalue weighted by Crippen LogP contribution is -2.35. The van der Waals surface area contributed by atoms with Crippen molar-refractivity contribution in [3.05, 3.63) is 71.9 Å². The Morgan fingerprint density at radius 3 is 2.58 bits per heavy atom. The minimum absolute atomic E-state index is 0.00913. The van der Waals surface area contributed by atoms with Gasteiger partial charge < -0.3 is 19.2 Å². The van der Waals surface area contributed by atoms with Crippen LogP contribution in [0, 0.1) is 0 Å². The molecular weight excluding hydrogens is 477 g/mol. The Balaban J connectivity index is 1.39. The summed E-state index contributed by atoms with van der Waals surface area (Å²) in [6.07, 6.45) is -4.88. The highest BCUT2D eigenvalue weighted by molar-refractivity contribution is 6.10. The van der Waals surface area contributed by atoms with Gasteiger partial charge in [-0.25, -0.2) is 9.97 Å². The van der Waals surface area contributed by atoms with Gasteiger partial charge in [0.25, 0.3) is 5.91 Å². The molecule has 0 unspecified atom stereocenters. The SMILES string of the molecule is O=C(Nc1cccc(CN2CCOCC2)n1)c1cccc2nc(-c3ccccc3OC(F)(F)F)oc12. The number of amides is 1. The summed E-state index contributed by atoms with van der Waals surface area (Å²) in [4.78, 5) is 24.1. The Morgan fingerprint density at radius 1 is 1.00 bits per heavy atom. The van der Waals surface area contributed by atoms with Gasteiger partial charge in [-0.3, -0.25) is 9.69 Å². The number of nitrogens with zero attached hydrogens (tertiary/aromatic N) is 3.